The number of carbonyl (C=O) groups is 2. The first-order valence-corrected chi connectivity index (χ1v) is 9.63. The van der Waals surface area contributed by atoms with Gasteiger partial charge in [-0.25, -0.2) is 0 Å². The molecule has 1 aliphatic heterocycles. The molecule has 0 spiro atoms. The fraction of sp³-hybridized carbons (Fsp3) is 0.143. The highest BCUT2D eigenvalue weighted by Crippen LogP contribution is 2.43. The average molecular weight is 407 g/mol. The Bertz CT molecular complexity index is 1110. The quantitative estimate of drug-likeness (QED) is 0.404. The number of aryl methyl sites for hydroxylation is 1. The maximum atomic E-state index is 12.9. The van der Waals surface area contributed by atoms with E-state index < -0.39 is 17.7 Å². The lowest BCUT2D eigenvalue weighted by atomic mass is 9.95. The zero-order chi connectivity index (χ0) is 20.5. The number of Topliss-reactive ketones (excluding diaryl/α,β-unsaturated/α-hetero) is 1. The third-order valence-corrected chi connectivity index (χ3v) is 5.48. The van der Waals surface area contributed by atoms with Gasteiger partial charge in [-0.15, -0.1) is 10.2 Å². The predicted molar refractivity (Wildman–Crippen MR) is 109 cm³/mol. The number of amides is 1. The second-order valence-electron chi connectivity index (χ2n) is 6.41. The molecule has 1 saturated heterocycles. The van der Waals surface area contributed by atoms with Gasteiger partial charge in [-0.1, -0.05) is 53.8 Å². The molecule has 1 atom stereocenters. The Balaban J connectivity index is 1.92. The van der Waals surface area contributed by atoms with Crippen LogP contribution < -0.4 is 9.64 Å². The maximum absolute atomic E-state index is 12.9. The lowest BCUT2D eigenvalue weighted by Crippen LogP contribution is -2.29. The van der Waals surface area contributed by atoms with Crippen molar-refractivity contribution in [1.82, 2.24) is 10.2 Å². The number of ketones is 1. The number of ether oxygens (including phenoxy) is 1. The molecule has 2 heterocycles. The van der Waals surface area contributed by atoms with Crippen molar-refractivity contribution in [2.24, 2.45) is 0 Å². The monoisotopic (exact) mass is 407 g/mol. The van der Waals surface area contributed by atoms with Gasteiger partial charge in [-0.05, 0) is 24.6 Å². The van der Waals surface area contributed by atoms with E-state index in [0.29, 0.717) is 27.0 Å². The van der Waals surface area contributed by atoms with Crippen LogP contribution in [0.3, 0.4) is 0 Å². The van der Waals surface area contributed by atoms with Gasteiger partial charge in [0.15, 0.2) is 0 Å². The van der Waals surface area contributed by atoms with Crippen molar-refractivity contribution in [2.45, 2.75) is 13.0 Å². The number of hydrogen-bond donors (Lipinski definition) is 1. The highest BCUT2D eigenvalue weighted by molar-refractivity contribution is 7.15. The second kappa shape index (κ2) is 7.48. The number of aliphatic hydroxyl groups excluding tert-OH is 1. The summed E-state index contributed by atoms with van der Waals surface area (Å²) in [4.78, 5) is 27.1. The molecule has 4 rings (SSSR count). The Morgan fingerprint density at radius 2 is 1.76 bits per heavy atom. The van der Waals surface area contributed by atoms with E-state index in [1.165, 1.54) is 16.2 Å². The summed E-state index contributed by atoms with van der Waals surface area (Å²) in [6.07, 6.45) is 0. The normalized spacial score (nSPS) is 18.3. The molecule has 1 aromatic heterocycles. The Morgan fingerprint density at radius 3 is 2.34 bits per heavy atom. The predicted octanol–water partition coefficient (Wildman–Crippen LogP) is 3.48. The number of aromatic nitrogens is 2. The van der Waals surface area contributed by atoms with Crippen LogP contribution in [0.4, 0.5) is 5.13 Å². The molecular formula is C21H17N3O4S. The first-order valence-electron chi connectivity index (χ1n) is 8.81. The third-order valence-electron chi connectivity index (χ3n) is 4.64. The summed E-state index contributed by atoms with van der Waals surface area (Å²) < 4.78 is 5.20. The molecule has 1 unspecified atom stereocenters. The van der Waals surface area contributed by atoms with E-state index in [9.17, 15) is 14.7 Å². The zero-order valence-corrected chi connectivity index (χ0v) is 16.5. The van der Waals surface area contributed by atoms with Crippen molar-refractivity contribution < 1.29 is 19.4 Å². The molecule has 29 heavy (non-hydrogen) atoms. The van der Waals surface area contributed by atoms with E-state index in [4.69, 9.17) is 4.74 Å². The second-order valence-corrected chi connectivity index (χ2v) is 7.57. The van der Waals surface area contributed by atoms with Crippen LogP contribution >= 0.6 is 11.3 Å². The third kappa shape index (κ3) is 3.27. The largest absolute Gasteiger partial charge is 0.507 e. The summed E-state index contributed by atoms with van der Waals surface area (Å²) in [5.74, 6) is -1.10. The molecule has 0 bridgehead atoms. The number of rotatable bonds is 4. The van der Waals surface area contributed by atoms with Crippen LogP contribution in [0, 0.1) is 6.92 Å². The summed E-state index contributed by atoms with van der Waals surface area (Å²) >= 11 is 1.21. The van der Waals surface area contributed by atoms with E-state index in [1.807, 2.05) is 0 Å². The summed E-state index contributed by atoms with van der Waals surface area (Å²) in [6.45, 7) is 1.77. The molecule has 0 radical (unpaired) electrons. The molecule has 1 amide bonds. The van der Waals surface area contributed by atoms with E-state index >= 15 is 0 Å². The number of carbonyl (C=O) groups excluding carboxylic acids is 2. The van der Waals surface area contributed by atoms with Gasteiger partial charge in [0, 0.05) is 5.56 Å². The summed E-state index contributed by atoms with van der Waals surface area (Å²) in [7, 11) is 1.56. The molecule has 3 aromatic rings. The Morgan fingerprint density at radius 1 is 1.07 bits per heavy atom. The van der Waals surface area contributed by atoms with E-state index in [-0.39, 0.29) is 11.3 Å². The number of benzene rings is 2. The van der Waals surface area contributed by atoms with Crippen LogP contribution in [0.5, 0.6) is 5.75 Å². The van der Waals surface area contributed by atoms with Crippen molar-refractivity contribution in [1.29, 1.82) is 0 Å². The first kappa shape index (κ1) is 18.8. The number of anilines is 1. The molecule has 1 aliphatic rings. The smallest absolute Gasteiger partial charge is 0.301 e. The van der Waals surface area contributed by atoms with E-state index in [0.717, 1.165) is 0 Å². The van der Waals surface area contributed by atoms with E-state index in [1.54, 1.807) is 68.6 Å². The van der Waals surface area contributed by atoms with Gasteiger partial charge in [0.2, 0.25) is 5.13 Å². The van der Waals surface area contributed by atoms with Gasteiger partial charge in [-0.3, -0.25) is 14.5 Å². The Kier molecular flexibility index (Phi) is 4.85. The molecule has 146 valence electrons. The van der Waals surface area contributed by atoms with Gasteiger partial charge in [0.25, 0.3) is 5.78 Å². The molecule has 2 aromatic carbocycles. The van der Waals surface area contributed by atoms with Crippen LogP contribution in [0.15, 0.2) is 60.2 Å². The molecule has 7 nitrogen and oxygen atoms in total. The van der Waals surface area contributed by atoms with Crippen LogP contribution in [0.2, 0.25) is 0 Å². The SMILES string of the molecule is COc1ccc(C2/C(=C(/O)c3ccccc3)C(=O)C(=O)N2c2nnc(C)s2)cc1. The number of nitrogens with zero attached hydrogens (tertiary/aromatic N) is 3. The van der Waals surface area contributed by atoms with Crippen molar-refractivity contribution in [3.8, 4) is 5.75 Å². The standard InChI is InChI=1S/C21H17N3O4S/c1-12-22-23-21(29-12)24-17(13-8-10-15(28-2)11-9-13)16(19(26)20(24)27)18(25)14-6-4-3-5-7-14/h3-11,17,25H,1-2H3/b18-16-. The fourth-order valence-corrected chi connectivity index (χ4v) is 3.98. The van der Waals surface area contributed by atoms with Crippen molar-refractivity contribution in [2.75, 3.05) is 12.0 Å². The lowest BCUT2D eigenvalue weighted by molar-refractivity contribution is -0.132. The molecular weight excluding hydrogens is 390 g/mol. The van der Waals surface area contributed by atoms with Crippen molar-refractivity contribution >= 4 is 33.9 Å². The molecule has 1 fully saturated rings. The van der Waals surface area contributed by atoms with Crippen LogP contribution in [0.25, 0.3) is 5.76 Å². The van der Waals surface area contributed by atoms with Crippen LogP contribution in [0.1, 0.15) is 22.2 Å². The maximum Gasteiger partial charge on any atom is 0.301 e. The summed E-state index contributed by atoms with van der Waals surface area (Å²) in [5, 5.41) is 19.9. The minimum absolute atomic E-state index is 0.0132. The van der Waals surface area contributed by atoms with Crippen molar-refractivity contribution in [3.63, 3.8) is 0 Å². The molecule has 1 N–H and O–H groups in total. The number of methoxy groups -OCH3 is 1. The van der Waals surface area contributed by atoms with Gasteiger partial charge < -0.3 is 9.84 Å². The number of hydrogen-bond acceptors (Lipinski definition) is 7. The lowest BCUT2D eigenvalue weighted by Gasteiger charge is -2.22. The van der Waals surface area contributed by atoms with Gasteiger partial charge >= 0.3 is 5.91 Å². The highest BCUT2D eigenvalue weighted by atomic mass is 32.1. The van der Waals surface area contributed by atoms with Crippen molar-refractivity contribution in [3.05, 3.63) is 76.3 Å². The van der Waals surface area contributed by atoms with Crippen LogP contribution in [-0.4, -0.2) is 34.1 Å². The minimum Gasteiger partial charge on any atom is -0.507 e. The summed E-state index contributed by atoms with van der Waals surface area (Å²) in [5.41, 5.74) is 1.12. The Hall–Kier alpha value is -3.52. The average Bonchev–Trinajstić information content (AvgIpc) is 3.29. The first-order chi connectivity index (χ1) is 14.0. The van der Waals surface area contributed by atoms with E-state index in [2.05, 4.69) is 10.2 Å². The van der Waals surface area contributed by atoms with Gasteiger partial charge in [0.05, 0.1) is 18.7 Å². The minimum atomic E-state index is -0.825. The highest BCUT2D eigenvalue weighted by Gasteiger charge is 2.48. The molecule has 0 saturated carbocycles. The van der Waals surface area contributed by atoms with Gasteiger partial charge in [-0.2, -0.15) is 0 Å². The fourth-order valence-electron chi connectivity index (χ4n) is 3.27. The van der Waals surface area contributed by atoms with Crippen LogP contribution in [-0.2, 0) is 9.59 Å². The Labute approximate surface area is 170 Å². The topological polar surface area (TPSA) is 92.6 Å². The summed E-state index contributed by atoms with van der Waals surface area (Å²) in [6, 6.07) is 14.8. The molecule has 0 aliphatic carbocycles. The molecule has 8 heteroatoms. The number of aliphatic hydroxyl groups is 1. The zero-order valence-electron chi connectivity index (χ0n) is 15.7. The van der Waals surface area contributed by atoms with Gasteiger partial charge in [0.1, 0.15) is 16.5 Å².